The minimum absolute atomic E-state index is 0.741. The molecule has 0 saturated carbocycles. The molecule has 2 aromatic rings. The predicted octanol–water partition coefficient (Wildman–Crippen LogP) is 2.26. The van der Waals surface area contributed by atoms with Crippen molar-refractivity contribution >= 4 is 17.2 Å². The van der Waals surface area contributed by atoms with Crippen molar-refractivity contribution in [2.24, 2.45) is 0 Å². The summed E-state index contributed by atoms with van der Waals surface area (Å²) >= 11 is 1.55. The quantitative estimate of drug-likeness (QED) is 0.843. The van der Waals surface area contributed by atoms with E-state index in [4.69, 9.17) is 0 Å². The number of aromatic nitrogens is 3. The Bertz CT molecular complexity index is 465. The Kier molecular flexibility index (Phi) is 2.64. The van der Waals surface area contributed by atoms with Gasteiger partial charge in [0.15, 0.2) is 5.82 Å². The lowest BCUT2D eigenvalue weighted by molar-refractivity contribution is 1.07. The minimum Gasteiger partial charge on any atom is -0.373 e. The highest BCUT2D eigenvalue weighted by atomic mass is 32.1. The molecule has 78 valence electrons. The third-order valence-electron chi connectivity index (χ3n) is 2.28. The van der Waals surface area contributed by atoms with Crippen molar-refractivity contribution in [2.45, 2.75) is 13.8 Å². The monoisotopic (exact) mass is 220 g/mol. The standard InChI is InChI=1S/C10H12N4S/c1-6-7(2)13-10(14-9(6)11-3)8-4-12-5-15-8/h4-5H,1-3H3,(H,11,13,14). The Balaban J connectivity index is 2.55. The van der Waals surface area contributed by atoms with Crippen LogP contribution in [-0.2, 0) is 0 Å². The van der Waals surface area contributed by atoms with Crippen molar-refractivity contribution in [3.63, 3.8) is 0 Å². The molecule has 0 amide bonds. The molecule has 0 atom stereocenters. The van der Waals surface area contributed by atoms with Crippen molar-refractivity contribution in [1.29, 1.82) is 0 Å². The lowest BCUT2D eigenvalue weighted by Crippen LogP contribution is -2.02. The first-order valence-electron chi connectivity index (χ1n) is 4.64. The van der Waals surface area contributed by atoms with E-state index < -0.39 is 0 Å². The molecule has 0 bridgehead atoms. The van der Waals surface area contributed by atoms with Crippen molar-refractivity contribution in [3.05, 3.63) is 23.0 Å². The van der Waals surface area contributed by atoms with Gasteiger partial charge in [0.2, 0.25) is 0 Å². The van der Waals surface area contributed by atoms with Gasteiger partial charge in [0.1, 0.15) is 5.82 Å². The Labute approximate surface area is 92.4 Å². The number of hydrogen-bond acceptors (Lipinski definition) is 5. The van der Waals surface area contributed by atoms with Crippen LogP contribution < -0.4 is 5.32 Å². The number of thiazole rings is 1. The number of nitrogens with one attached hydrogen (secondary N) is 1. The van der Waals surface area contributed by atoms with E-state index >= 15 is 0 Å². The van der Waals surface area contributed by atoms with E-state index in [1.807, 2.05) is 20.9 Å². The molecule has 0 fully saturated rings. The summed E-state index contributed by atoms with van der Waals surface area (Å²) in [5, 5.41) is 3.07. The molecule has 15 heavy (non-hydrogen) atoms. The minimum atomic E-state index is 0.741. The van der Waals surface area contributed by atoms with E-state index in [2.05, 4.69) is 20.3 Å². The van der Waals surface area contributed by atoms with Gasteiger partial charge in [-0.25, -0.2) is 9.97 Å². The Morgan fingerprint density at radius 2 is 2.07 bits per heavy atom. The van der Waals surface area contributed by atoms with Gasteiger partial charge in [-0.05, 0) is 13.8 Å². The molecule has 2 aromatic heterocycles. The summed E-state index contributed by atoms with van der Waals surface area (Å²) < 4.78 is 0. The van der Waals surface area contributed by atoms with Gasteiger partial charge in [0.25, 0.3) is 0 Å². The molecule has 0 aromatic carbocycles. The zero-order valence-electron chi connectivity index (χ0n) is 8.90. The molecule has 2 heterocycles. The van der Waals surface area contributed by atoms with E-state index in [9.17, 15) is 0 Å². The average Bonchev–Trinajstić information content (AvgIpc) is 2.75. The highest BCUT2D eigenvalue weighted by molar-refractivity contribution is 7.13. The zero-order valence-corrected chi connectivity index (χ0v) is 9.72. The van der Waals surface area contributed by atoms with Crippen LogP contribution in [0.4, 0.5) is 5.82 Å². The van der Waals surface area contributed by atoms with Gasteiger partial charge < -0.3 is 5.32 Å². The van der Waals surface area contributed by atoms with Crippen LogP contribution in [0.15, 0.2) is 11.7 Å². The molecule has 0 aliphatic carbocycles. The first-order chi connectivity index (χ1) is 7.22. The molecule has 0 aliphatic rings. The van der Waals surface area contributed by atoms with Crippen LogP contribution in [0.25, 0.3) is 10.7 Å². The molecule has 0 aliphatic heterocycles. The first kappa shape index (κ1) is 10.0. The van der Waals surface area contributed by atoms with E-state index in [0.29, 0.717) is 0 Å². The van der Waals surface area contributed by atoms with Crippen LogP contribution in [-0.4, -0.2) is 22.0 Å². The summed E-state index contributed by atoms with van der Waals surface area (Å²) in [4.78, 5) is 13.9. The highest BCUT2D eigenvalue weighted by Crippen LogP contribution is 2.23. The summed E-state index contributed by atoms with van der Waals surface area (Å²) in [5.74, 6) is 1.62. The highest BCUT2D eigenvalue weighted by Gasteiger charge is 2.09. The van der Waals surface area contributed by atoms with E-state index in [0.717, 1.165) is 27.8 Å². The maximum atomic E-state index is 4.44. The van der Waals surface area contributed by atoms with Crippen molar-refractivity contribution < 1.29 is 0 Å². The fraction of sp³-hybridized carbons (Fsp3) is 0.300. The fourth-order valence-electron chi connectivity index (χ4n) is 1.31. The normalized spacial score (nSPS) is 10.3. The number of anilines is 1. The molecule has 0 unspecified atom stereocenters. The number of aryl methyl sites for hydroxylation is 1. The van der Waals surface area contributed by atoms with Gasteiger partial charge in [-0.15, -0.1) is 11.3 Å². The molecule has 0 spiro atoms. The van der Waals surface area contributed by atoms with Crippen LogP contribution in [0.3, 0.4) is 0 Å². The smallest absolute Gasteiger partial charge is 0.173 e. The SMILES string of the molecule is CNc1nc(-c2cncs2)nc(C)c1C. The Morgan fingerprint density at radius 3 is 2.67 bits per heavy atom. The summed E-state index contributed by atoms with van der Waals surface area (Å²) in [6.45, 7) is 4.00. The third-order valence-corrected chi connectivity index (χ3v) is 3.05. The first-order valence-corrected chi connectivity index (χ1v) is 5.52. The van der Waals surface area contributed by atoms with Crippen LogP contribution >= 0.6 is 11.3 Å². The molecule has 5 heteroatoms. The number of nitrogens with zero attached hydrogens (tertiary/aromatic N) is 3. The van der Waals surface area contributed by atoms with E-state index in [-0.39, 0.29) is 0 Å². The van der Waals surface area contributed by atoms with Gasteiger partial charge in [-0.3, -0.25) is 4.98 Å². The summed E-state index contributed by atoms with van der Waals surface area (Å²) in [5.41, 5.74) is 3.87. The zero-order chi connectivity index (χ0) is 10.8. The molecule has 0 saturated heterocycles. The maximum Gasteiger partial charge on any atom is 0.173 e. The van der Waals surface area contributed by atoms with Gasteiger partial charge in [0.05, 0.1) is 10.4 Å². The van der Waals surface area contributed by atoms with E-state index in [1.165, 1.54) is 0 Å². The molecular weight excluding hydrogens is 208 g/mol. The van der Waals surface area contributed by atoms with Gasteiger partial charge in [0, 0.05) is 24.5 Å². The lowest BCUT2D eigenvalue weighted by atomic mass is 10.2. The van der Waals surface area contributed by atoms with Crippen molar-refractivity contribution in [2.75, 3.05) is 12.4 Å². The maximum absolute atomic E-state index is 4.44. The average molecular weight is 220 g/mol. The number of rotatable bonds is 2. The van der Waals surface area contributed by atoms with Gasteiger partial charge >= 0.3 is 0 Å². The molecule has 0 radical (unpaired) electrons. The predicted molar refractivity (Wildman–Crippen MR) is 62.2 cm³/mol. The Hall–Kier alpha value is -1.49. The van der Waals surface area contributed by atoms with Crippen LogP contribution in [0, 0.1) is 13.8 Å². The summed E-state index contributed by atoms with van der Waals surface area (Å²) in [6.07, 6.45) is 1.79. The molecule has 1 N–H and O–H groups in total. The summed E-state index contributed by atoms with van der Waals surface area (Å²) in [6, 6.07) is 0. The second kappa shape index (κ2) is 3.94. The third kappa shape index (κ3) is 1.83. The van der Waals surface area contributed by atoms with E-state index in [1.54, 1.807) is 23.0 Å². The summed E-state index contributed by atoms with van der Waals surface area (Å²) in [7, 11) is 1.87. The molecule has 2 rings (SSSR count). The molecule has 4 nitrogen and oxygen atoms in total. The second-order valence-corrected chi connectivity index (χ2v) is 4.11. The number of hydrogen-bond donors (Lipinski definition) is 1. The van der Waals surface area contributed by atoms with Crippen molar-refractivity contribution in [3.8, 4) is 10.7 Å². The van der Waals surface area contributed by atoms with Crippen molar-refractivity contribution in [1.82, 2.24) is 15.0 Å². The topological polar surface area (TPSA) is 50.7 Å². The van der Waals surface area contributed by atoms with Gasteiger partial charge in [-0.2, -0.15) is 0 Å². The fourth-order valence-corrected chi connectivity index (χ4v) is 1.86. The van der Waals surface area contributed by atoms with Crippen LogP contribution in [0.5, 0.6) is 0 Å². The Morgan fingerprint density at radius 1 is 1.27 bits per heavy atom. The molecular formula is C10H12N4S. The second-order valence-electron chi connectivity index (χ2n) is 3.22. The van der Waals surface area contributed by atoms with Crippen LogP contribution in [0.1, 0.15) is 11.3 Å². The van der Waals surface area contributed by atoms with Crippen LogP contribution in [0.2, 0.25) is 0 Å². The largest absolute Gasteiger partial charge is 0.373 e. The van der Waals surface area contributed by atoms with Gasteiger partial charge in [-0.1, -0.05) is 0 Å². The lowest BCUT2D eigenvalue weighted by Gasteiger charge is -2.08.